The zero-order valence-corrected chi connectivity index (χ0v) is 23.2. The zero-order valence-electron chi connectivity index (χ0n) is 21.7. The molecule has 1 heterocycles. The van der Waals surface area contributed by atoms with Crippen molar-refractivity contribution in [1.29, 1.82) is 0 Å². The van der Waals surface area contributed by atoms with Crippen molar-refractivity contribution in [1.82, 2.24) is 10.6 Å². The molecule has 4 N–H and O–H groups in total. The van der Waals surface area contributed by atoms with Gasteiger partial charge in [-0.05, 0) is 62.4 Å². The van der Waals surface area contributed by atoms with Crippen LogP contribution in [0.1, 0.15) is 35.3 Å². The van der Waals surface area contributed by atoms with Crippen LogP contribution < -0.4 is 21.3 Å². The van der Waals surface area contributed by atoms with E-state index in [1.807, 2.05) is 24.3 Å². The van der Waals surface area contributed by atoms with Gasteiger partial charge in [-0.2, -0.15) is 0 Å². The minimum absolute atomic E-state index is 0.0712. The largest absolute Gasteiger partial charge is 0.486 e. The van der Waals surface area contributed by atoms with Crippen molar-refractivity contribution in [3.63, 3.8) is 0 Å². The Morgan fingerprint density at radius 1 is 0.949 bits per heavy atom. The van der Waals surface area contributed by atoms with Crippen molar-refractivity contribution in [2.45, 2.75) is 26.0 Å². The molecular formula is C29H28Cl2N4O4. The number of para-hydroxylation sites is 1. The highest BCUT2D eigenvalue weighted by atomic mass is 35.5. The van der Waals surface area contributed by atoms with Crippen LogP contribution in [-0.4, -0.2) is 36.7 Å². The number of ether oxygens (including phenoxy) is 1. The Labute approximate surface area is 236 Å². The summed E-state index contributed by atoms with van der Waals surface area (Å²) in [6.45, 7) is 3.01. The lowest BCUT2D eigenvalue weighted by Gasteiger charge is -2.39. The summed E-state index contributed by atoms with van der Waals surface area (Å²) in [5.41, 5.74) is 2.36. The van der Waals surface area contributed by atoms with Crippen LogP contribution in [0.2, 0.25) is 10.0 Å². The highest BCUT2D eigenvalue weighted by Gasteiger charge is 2.43. The second-order valence-electron chi connectivity index (χ2n) is 9.10. The Bertz CT molecular complexity index is 1440. The van der Waals surface area contributed by atoms with Crippen LogP contribution in [0.3, 0.4) is 0 Å². The van der Waals surface area contributed by atoms with Gasteiger partial charge >= 0.3 is 6.03 Å². The number of halogens is 2. The van der Waals surface area contributed by atoms with E-state index >= 15 is 0 Å². The molecule has 1 unspecified atom stereocenters. The van der Waals surface area contributed by atoms with Crippen molar-refractivity contribution in [3.05, 3.63) is 99.2 Å². The van der Waals surface area contributed by atoms with E-state index in [4.69, 9.17) is 27.9 Å². The number of anilines is 2. The van der Waals surface area contributed by atoms with Gasteiger partial charge in [-0.1, -0.05) is 41.4 Å². The Hall–Kier alpha value is -4.01. The second-order valence-corrected chi connectivity index (χ2v) is 9.92. The predicted octanol–water partition coefficient (Wildman–Crippen LogP) is 5.88. The minimum Gasteiger partial charge on any atom is -0.486 e. The lowest BCUT2D eigenvalue weighted by Crippen LogP contribution is -2.54. The highest BCUT2D eigenvalue weighted by Crippen LogP contribution is 2.40. The molecule has 1 aliphatic rings. The molecule has 3 aromatic carbocycles. The first kappa shape index (κ1) is 28.0. The fraction of sp³-hybridized carbons (Fsp3) is 0.207. The van der Waals surface area contributed by atoms with Crippen molar-refractivity contribution in [2.75, 3.05) is 24.2 Å². The molecule has 0 aliphatic carbocycles. The molecule has 0 saturated carbocycles. The number of carbonyl (C=O) groups is 3. The highest BCUT2D eigenvalue weighted by molar-refractivity contribution is 6.36. The van der Waals surface area contributed by atoms with Crippen LogP contribution in [0.15, 0.2) is 72.4 Å². The number of fused-ring (bicyclic) bond motifs is 1. The SMILES string of the molecule is CNC1=C(OCc2c(Cl)cccc2Cl)c2ccccc2NC1(C)C(=O)CNC(=O)Nc1ccc(C(C)=O)cc1. The zero-order chi connectivity index (χ0) is 28.2. The summed E-state index contributed by atoms with van der Waals surface area (Å²) in [5.74, 6) is 0.0899. The van der Waals surface area contributed by atoms with Gasteiger partial charge in [0.2, 0.25) is 0 Å². The van der Waals surface area contributed by atoms with E-state index in [1.54, 1.807) is 56.4 Å². The molecular weight excluding hydrogens is 539 g/mol. The van der Waals surface area contributed by atoms with Gasteiger partial charge in [-0.15, -0.1) is 0 Å². The van der Waals surface area contributed by atoms with Crippen LogP contribution in [0.25, 0.3) is 5.76 Å². The fourth-order valence-corrected chi connectivity index (χ4v) is 4.83. The summed E-state index contributed by atoms with van der Waals surface area (Å²) >= 11 is 12.7. The van der Waals surface area contributed by atoms with Gasteiger partial charge in [0.1, 0.15) is 12.1 Å². The second kappa shape index (κ2) is 11.8. The number of carbonyl (C=O) groups excluding carboxylic acids is 3. The van der Waals surface area contributed by atoms with Crippen LogP contribution >= 0.6 is 23.2 Å². The summed E-state index contributed by atoms with van der Waals surface area (Å²) in [6, 6.07) is 18.6. The van der Waals surface area contributed by atoms with E-state index in [0.717, 1.165) is 5.56 Å². The lowest BCUT2D eigenvalue weighted by molar-refractivity contribution is -0.121. The molecule has 0 fully saturated rings. The quantitative estimate of drug-likeness (QED) is 0.241. The van der Waals surface area contributed by atoms with Crippen molar-refractivity contribution in [2.24, 2.45) is 0 Å². The maximum atomic E-state index is 13.6. The van der Waals surface area contributed by atoms with Crippen LogP contribution in [-0.2, 0) is 16.1 Å². The molecule has 39 heavy (non-hydrogen) atoms. The average molecular weight is 567 g/mol. The van der Waals surface area contributed by atoms with E-state index in [2.05, 4.69) is 21.3 Å². The third-order valence-corrected chi connectivity index (χ3v) is 7.18. The van der Waals surface area contributed by atoms with Crippen LogP contribution in [0.4, 0.5) is 16.2 Å². The summed E-state index contributed by atoms with van der Waals surface area (Å²) in [7, 11) is 1.70. The summed E-state index contributed by atoms with van der Waals surface area (Å²) in [6.07, 6.45) is 0. The van der Waals surface area contributed by atoms with Gasteiger partial charge in [0.25, 0.3) is 0 Å². The number of rotatable bonds is 9. The molecule has 0 radical (unpaired) electrons. The van der Waals surface area contributed by atoms with Gasteiger partial charge < -0.3 is 26.0 Å². The number of ketones is 2. The predicted molar refractivity (Wildman–Crippen MR) is 154 cm³/mol. The van der Waals surface area contributed by atoms with E-state index in [0.29, 0.717) is 44.0 Å². The Morgan fingerprint density at radius 3 is 2.26 bits per heavy atom. The standard InChI is InChI=1S/C29H28Cl2N4O4/c1-17(36)18-11-13-19(14-12-18)34-28(38)33-15-25(37)29(2)27(32-3)26(20-7-4-5-10-24(20)35-29)39-16-21-22(30)8-6-9-23(21)31/h4-14,32,35H,15-16H2,1-3H3,(H2,33,34,38). The number of nitrogens with one attached hydrogen (secondary N) is 4. The molecule has 10 heteroatoms. The summed E-state index contributed by atoms with van der Waals surface area (Å²) < 4.78 is 6.27. The molecule has 202 valence electrons. The summed E-state index contributed by atoms with van der Waals surface area (Å²) in [5, 5.41) is 12.7. The van der Waals surface area contributed by atoms with E-state index in [9.17, 15) is 14.4 Å². The smallest absolute Gasteiger partial charge is 0.319 e. The molecule has 0 bridgehead atoms. The molecule has 1 atom stereocenters. The molecule has 4 rings (SSSR count). The van der Waals surface area contributed by atoms with E-state index in [-0.39, 0.29) is 24.7 Å². The number of hydrogen-bond donors (Lipinski definition) is 4. The van der Waals surface area contributed by atoms with Crippen LogP contribution in [0, 0.1) is 0 Å². The monoisotopic (exact) mass is 566 g/mol. The molecule has 2 amide bonds. The maximum absolute atomic E-state index is 13.6. The van der Waals surface area contributed by atoms with Gasteiger partial charge in [0.05, 0.1) is 12.2 Å². The van der Waals surface area contributed by atoms with Gasteiger partial charge in [0, 0.05) is 45.2 Å². The van der Waals surface area contributed by atoms with E-state index < -0.39 is 11.6 Å². The van der Waals surface area contributed by atoms with Gasteiger partial charge in [0.15, 0.2) is 17.3 Å². The molecule has 8 nitrogen and oxygen atoms in total. The number of urea groups is 1. The lowest BCUT2D eigenvalue weighted by atomic mass is 9.85. The van der Waals surface area contributed by atoms with E-state index in [1.165, 1.54) is 6.92 Å². The number of amides is 2. The maximum Gasteiger partial charge on any atom is 0.319 e. The minimum atomic E-state index is -1.25. The Morgan fingerprint density at radius 2 is 1.62 bits per heavy atom. The normalized spacial score (nSPS) is 16.0. The molecule has 0 saturated heterocycles. The fourth-order valence-electron chi connectivity index (χ4n) is 4.32. The van der Waals surface area contributed by atoms with Gasteiger partial charge in [-0.3, -0.25) is 9.59 Å². The van der Waals surface area contributed by atoms with Crippen LogP contribution in [0.5, 0.6) is 0 Å². The first-order valence-electron chi connectivity index (χ1n) is 12.2. The molecule has 0 aromatic heterocycles. The number of hydrogen-bond acceptors (Lipinski definition) is 6. The third-order valence-electron chi connectivity index (χ3n) is 6.47. The topological polar surface area (TPSA) is 109 Å². The number of Topliss-reactive ketones (excluding diaryl/α,β-unsaturated/α-hetero) is 2. The summed E-state index contributed by atoms with van der Waals surface area (Å²) in [4.78, 5) is 37.6. The molecule has 0 spiro atoms. The van der Waals surface area contributed by atoms with Crippen molar-refractivity contribution < 1.29 is 19.1 Å². The number of benzene rings is 3. The average Bonchev–Trinajstić information content (AvgIpc) is 2.91. The first-order valence-corrected chi connectivity index (χ1v) is 12.9. The Kier molecular flexibility index (Phi) is 8.47. The first-order chi connectivity index (χ1) is 18.6. The third kappa shape index (κ3) is 6.02. The van der Waals surface area contributed by atoms with Crippen molar-refractivity contribution in [3.8, 4) is 0 Å². The molecule has 3 aromatic rings. The Balaban J connectivity index is 1.54. The van der Waals surface area contributed by atoms with Crippen molar-refractivity contribution >= 4 is 57.9 Å². The van der Waals surface area contributed by atoms with Gasteiger partial charge in [-0.25, -0.2) is 4.79 Å². The number of likely N-dealkylation sites (N-methyl/N-ethyl adjacent to an activating group) is 1. The molecule has 1 aliphatic heterocycles.